The van der Waals surface area contributed by atoms with E-state index in [9.17, 15) is 29.4 Å². The van der Waals surface area contributed by atoms with Crippen molar-refractivity contribution in [2.45, 2.75) is 12.5 Å². The number of aromatic hydroxyl groups is 1. The second-order valence-electron chi connectivity index (χ2n) is 8.51. The molecule has 0 saturated heterocycles. The standard InChI is InChI=1S/C14H9Cl2NO5.C7H3Br2NO.C5H12NO4P/c1-21-14(18)10-7-9(3-4-12(10)17(19)20)22-13-5-2-8(15)6-11(13)16;8-5-1-4(3-10)2-6(9)7(5)11;1-11(9,10)3-2-4(6)5(7)8/h2-7H,1H3;1-2,11H;4H,2-3,6H2,1H3,(H,7,8)(H,9,10). The number of aliphatic carboxylic acids is 1. The van der Waals surface area contributed by atoms with E-state index in [0.29, 0.717) is 25.3 Å². The van der Waals surface area contributed by atoms with Crippen LogP contribution in [0.5, 0.6) is 17.2 Å². The van der Waals surface area contributed by atoms with Crippen LogP contribution in [0.15, 0.2) is 57.5 Å². The number of nitro benzene ring substituents is 1. The van der Waals surface area contributed by atoms with Crippen LogP contribution in [0.4, 0.5) is 5.69 Å². The number of benzene rings is 3. The molecule has 2 unspecified atom stereocenters. The molecular formula is C26H24Br2Cl2N3O10P. The minimum absolute atomic E-state index is 0.0412. The molecule has 18 heteroatoms. The van der Waals surface area contributed by atoms with Gasteiger partial charge in [0.25, 0.3) is 5.69 Å². The van der Waals surface area contributed by atoms with E-state index in [2.05, 4.69) is 36.6 Å². The van der Waals surface area contributed by atoms with Crippen LogP contribution in [0.1, 0.15) is 22.3 Å². The number of methoxy groups -OCH3 is 1. The minimum Gasteiger partial charge on any atom is -0.506 e. The number of ether oxygens (including phenoxy) is 2. The molecule has 0 aliphatic heterocycles. The highest BCUT2D eigenvalue weighted by Gasteiger charge is 2.22. The lowest BCUT2D eigenvalue weighted by molar-refractivity contribution is -0.385. The van der Waals surface area contributed by atoms with Crippen molar-refractivity contribution >= 4 is 80.1 Å². The van der Waals surface area contributed by atoms with E-state index < -0.39 is 30.3 Å². The van der Waals surface area contributed by atoms with Gasteiger partial charge >= 0.3 is 11.9 Å². The molecule has 0 aliphatic carbocycles. The van der Waals surface area contributed by atoms with E-state index in [1.807, 2.05) is 6.07 Å². The lowest BCUT2D eigenvalue weighted by Gasteiger charge is -2.09. The van der Waals surface area contributed by atoms with Gasteiger partial charge in [-0.3, -0.25) is 19.5 Å². The number of esters is 1. The third-order valence-corrected chi connectivity index (χ3v) is 7.84. The maximum Gasteiger partial charge on any atom is 0.345 e. The van der Waals surface area contributed by atoms with Crippen LogP contribution in [-0.2, 0) is 14.1 Å². The largest absolute Gasteiger partial charge is 0.506 e. The van der Waals surface area contributed by atoms with Crippen LogP contribution >= 0.6 is 62.4 Å². The van der Waals surface area contributed by atoms with Crippen molar-refractivity contribution in [2.75, 3.05) is 19.9 Å². The SMILES string of the molecule is COC(=O)c1cc(Oc2ccc(Cl)cc2Cl)ccc1[N+](=O)[O-].CP(=O)(O)CCC(N)C(=O)O.N#Cc1cc(Br)c(O)c(Br)c1. The summed E-state index contributed by atoms with van der Waals surface area (Å²) in [5, 5.41) is 37.6. The molecule has 0 radical (unpaired) electrons. The van der Waals surface area contributed by atoms with E-state index in [1.54, 1.807) is 24.3 Å². The highest BCUT2D eigenvalue weighted by atomic mass is 79.9. The van der Waals surface area contributed by atoms with Gasteiger partial charge in [-0.05, 0) is 74.7 Å². The summed E-state index contributed by atoms with van der Waals surface area (Å²) in [4.78, 5) is 40.8. The summed E-state index contributed by atoms with van der Waals surface area (Å²) in [7, 11) is -1.97. The number of nitro groups is 1. The maximum absolute atomic E-state index is 11.6. The summed E-state index contributed by atoms with van der Waals surface area (Å²) in [6.45, 7) is 1.18. The first-order valence-corrected chi connectivity index (χ1v) is 16.4. The number of rotatable bonds is 8. The first-order chi connectivity index (χ1) is 20.4. The summed E-state index contributed by atoms with van der Waals surface area (Å²) < 4.78 is 21.7. The van der Waals surface area contributed by atoms with Crippen molar-refractivity contribution in [3.05, 3.63) is 88.8 Å². The Bertz CT molecular complexity index is 1590. The molecule has 0 spiro atoms. The number of hydrogen-bond donors (Lipinski definition) is 4. The lowest BCUT2D eigenvalue weighted by atomic mass is 10.1. The molecule has 0 heterocycles. The molecular weight excluding hydrogens is 776 g/mol. The van der Waals surface area contributed by atoms with E-state index >= 15 is 0 Å². The molecule has 0 aromatic heterocycles. The number of carbonyl (C=O) groups excluding carboxylic acids is 1. The van der Waals surface area contributed by atoms with Crippen LogP contribution in [0, 0.1) is 21.4 Å². The quantitative estimate of drug-likeness (QED) is 0.0786. The fourth-order valence-corrected chi connectivity index (χ4v) is 5.22. The molecule has 3 aromatic rings. The van der Waals surface area contributed by atoms with E-state index in [1.165, 1.54) is 24.9 Å². The minimum atomic E-state index is -3.10. The highest BCUT2D eigenvalue weighted by molar-refractivity contribution is 9.11. The number of nitriles is 1. The fraction of sp³-hybridized carbons (Fsp3) is 0.192. The van der Waals surface area contributed by atoms with Crippen LogP contribution in [0.2, 0.25) is 10.0 Å². The Morgan fingerprint density at radius 2 is 1.75 bits per heavy atom. The van der Waals surface area contributed by atoms with Gasteiger partial charge in [-0.25, -0.2) is 4.79 Å². The zero-order valence-corrected chi connectivity index (χ0v) is 28.3. The van der Waals surface area contributed by atoms with Gasteiger partial charge in [-0.1, -0.05) is 23.2 Å². The average molecular weight is 800 g/mol. The molecule has 3 aromatic carbocycles. The first kappa shape index (κ1) is 38.8. The summed E-state index contributed by atoms with van der Waals surface area (Å²) >= 11 is 18.0. The summed E-state index contributed by atoms with van der Waals surface area (Å²) in [5.41, 5.74) is 5.01. The number of halogens is 4. The third-order valence-electron chi connectivity index (χ3n) is 5.01. The van der Waals surface area contributed by atoms with Crippen molar-refractivity contribution in [1.82, 2.24) is 0 Å². The molecule has 0 saturated carbocycles. The number of nitrogens with zero attached hydrogens (tertiary/aromatic N) is 2. The molecule has 13 nitrogen and oxygen atoms in total. The fourth-order valence-electron chi connectivity index (χ4n) is 2.83. The molecule has 0 aliphatic rings. The third kappa shape index (κ3) is 13.2. The van der Waals surface area contributed by atoms with Gasteiger partial charge < -0.3 is 30.3 Å². The van der Waals surface area contributed by atoms with Gasteiger partial charge in [-0.2, -0.15) is 5.26 Å². The molecule has 236 valence electrons. The van der Waals surface area contributed by atoms with E-state index in [0.717, 1.165) is 13.2 Å². The summed E-state index contributed by atoms with van der Waals surface area (Å²) in [6, 6.07) is 12.4. The molecule has 0 fully saturated rings. The topological polar surface area (TPSA) is 223 Å². The summed E-state index contributed by atoms with van der Waals surface area (Å²) in [5.74, 6) is -1.35. The monoisotopic (exact) mass is 797 g/mol. The van der Waals surface area contributed by atoms with Gasteiger partial charge in [0.2, 0.25) is 0 Å². The molecule has 44 heavy (non-hydrogen) atoms. The maximum atomic E-state index is 11.6. The number of phenols is 1. The number of hydrogen-bond acceptors (Lipinski definition) is 10. The molecule has 2 atom stereocenters. The predicted octanol–water partition coefficient (Wildman–Crippen LogP) is 6.96. The van der Waals surface area contributed by atoms with Gasteiger partial charge in [0.1, 0.15) is 28.9 Å². The van der Waals surface area contributed by atoms with E-state index in [4.69, 9.17) is 48.9 Å². The van der Waals surface area contributed by atoms with Crippen molar-refractivity contribution in [3.63, 3.8) is 0 Å². The molecule has 0 bridgehead atoms. The summed E-state index contributed by atoms with van der Waals surface area (Å²) in [6.07, 6.45) is 0.0000772. The van der Waals surface area contributed by atoms with Gasteiger partial charge in [0.15, 0.2) is 7.37 Å². The Balaban J connectivity index is 0.000000370. The first-order valence-electron chi connectivity index (χ1n) is 11.8. The van der Waals surface area contributed by atoms with Crippen molar-refractivity contribution in [2.24, 2.45) is 5.73 Å². The number of nitrogens with two attached hydrogens (primary N) is 1. The number of carboxylic acids is 1. The normalized spacial score (nSPS) is 12.1. The van der Waals surface area contributed by atoms with Crippen molar-refractivity contribution < 1.29 is 43.7 Å². The Morgan fingerprint density at radius 1 is 1.16 bits per heavy atom. The molecule has 3 rings (SSSR count). The Kier molecular flexibility index (Phi) is 15.8. The van der Waals surface area contributed by atoms with Crippen molar-refractivity contribution in [1.29, 1.82) is 5.26 Å². The smallest absolute Gasteiger partial charge is 0.345 e. The second kappa shape index (κ2) is 17.9. The van der Waals surface area contributed by atoms with Gasteiger partial charge in [-0.15, -0.1) is 0 Å². The van der Waals surface area contributed by atoms with Crippen LogP contribution in [-0.4, -0.2) is 57.9 Å². The predicted molar refractivity (Wildman–Crippen MR) is 170 cm³/mol. The zero-order valence-electron chi connectivity index (χ0n) is 22.7. The zero-order chi connectivity index (χ0) is 33.8. The van der Waals surface area contributed by atoms with Crippen LogP contribution < -0.4 is 10.5 Å². The Morgan fingerprint density at radius 3 is 2.20 bits per heavy atom. The number of carbonyl (C=O) groups is 2. The Labute approximate surface area is 278 Å². The molecule has 5 N–H and O–H groups in total. The average Bonchev–Trinajstić information content (AvgIpc) is 2.95. The lowest BCUT2D eigenvalue weighted by Crippen LogP contribution is -2.30. The van der Waals surface area contributed by atoms with Gasteiger partial charge in [0, 0.05) is 30.0 Å². The van der Waals surface area contributed by atoms with Gasteiger partial charge in [0.05, 0.1) is 37.6 Å². The molecule has 0 amide bonds. The van der Waals surface area contributed by atoms with Crippen LogP contribution in [0.3, 0.4) is 0 Å². The highest BCUT2D eigenvalue weighted by Crippen LogP contribution is 2.36. The van der Waals surface area contributed by atoms with Crippen LogP contribution in [0.25, 0.3) is 0 Å². The van der Waals surface area contributed by atoms with E-state index in [-0.39, 0.29) is 40.4 Å². The van der Waals surface area contributed by atoms with Crippen molar-refractivity contribution in [3.8, 4) is 23.3 Å². The number of carboxylic acid groups (broad SMARTS) is 1. The second-order valence-corrected chi connectivity index (χ2v) is 13.6. The Hall–Kier alpha value is -3.22. The number of phenolic OH excluding ortho intramolecular Hbond substituents is 1.